The van der Waals surface area contributed by atoms with Crippen molar-refractivity contribution in [2.75, 3.05) is 26.2 Å². The van der Waals surface area contributed by atoms with E-state index in [0.29, 0.717) is 42.3 Å². The number of halogens is 2. The quantitative estimate of drug-likeness (QED) is 0.760. The summed E-state index contributed by atoms with van der Waals surface area (Å²) in [4.78, 5) is 40.4. The number of nitrogens with one attached hydrogen (secondary N) is 1. The second-order valence-electron chi connectivity index (χ2n) is 6.85. The number of rotatable bonds is 4. The van der Waals surface area contributed by atoms with Crippen molar-refractivity contribution in [3.8, 4) is 0 Å². The van der Waals surface area contributed by atoms with Gasteiger partial charge in [0.15, 0.2) is 0 Å². The van der Waals surface area contributed by atoms with Crippen LogP contribution in [0.5, 0.6) is 0 Å². The Labute approximate surface area is 178 Å². The molecule has 6 nitrogen and oxygen atoms in total. The first kappa shape index (κ1) is 21.5. The molecule has 1 aliphatic rings. The molecule has 0 atom stereocenters. The Kier molecular flexibility index (Phi) is 6.84. The molecule has 1 heterocycles. The van der Waals surface area contributed by atoms with E-state index in [0.717, 1.165) is 0 Å². The topological polar surface area (TPSA) is 69.7 Å². The zero-order chi connectivity index (χ0) is 21.7. The fourth-order valence-corrected chi connectivity index (χ4v) is 3.37. The Hall–Kier alpha value is -3.19. The van der Waals surface area contributed by atoms with Gasteiger partial charge in [-0.05, 0) is 35.9 Å². The van der Waals surface area contributed by atoms with Crippen molar-refractivity contribution in [2.24, 2.45) is 0 Å². The van der Waals surface area contributed by atoms with Crippen LogP contribution in [0.3, 0.4) is 0 Å². The monoisotopic (exact) mass is 429 g/mol. The Morgan fingerprint density at radius 3 is 2.17 bits per heavy atom. The smallest absolute Gasteiger partial charge is 0.270 e. The molecule has 2 aromatic carbocycles. The minimum atomic E-state index is -0.390. The van der Waals surface area contributed by atoms with Crippen molar-refractivity contribution in [2.45, 2.75) is 6.92 Å². The van der Waals surface area contributed by atoms with Crippen LogP contribution in [0, 0.1) is 5.82 Å². The van der Waals surface area contributed by atoms with Crippen molar-refractivity contribution in [3.05, 3.63) is 76.2 Å². The number of amides is 3. The maximum Gasteiger partial charge on any atom is 0.270 e. The summed E-state index contributed by atoms with van der Waals surface area (Å²) in [5.41, 5.74) is 1.11. The van der Waals surface area contributed by atoms with E-state index in [9.17, 15) is 18.8 Å². The fraction of sp³-hybridized carbons (Fsp3) is 0.227. The predicted octanol–water partition coefficient (Wildman–Crippen LogP) is 2.94. The molecular weight excluding hydrogens is 409 g/mol. The molecule has 0 aromatic heterocycles. The van der Waals surface area contributed by atoms with Gasteiger partial charge in [-0.2, -0.15) is 0 Å². The molecule has 3 rings (SSSR count). The summed E-state index contributed by atoms with van der Waals surface area (Å²) in [6.45, 7) is 2.64. The number of hydrogen-bond acceptors (Lipinski definition) is 3. The van der Waals surface area contributed by atoms with Gasteiger partial charge in [0.2, 0.25) is 5.91 Å². The van der Waals surface area contributed by atoms with Crippen LogP contribution in [0.15, 0.2) is 54.2 Å². The van der Waals surface area contributed by atoms with Gasteiger partial charge in [-0.1, -0.05) is 35.9 Å². The van der Waals surface area contributed by atoms with Crippen molar-refractivity contribution >= 4 is 35.4 Å². The van der Waals surface area contributed by atoms with E-state index < -0.39 is 0 Å². The zero-order valence-electron chi connectivity index (χ0n) is 16.4. The highest BCUT2D eigenvalue weighted by molar-refractivity contribution is 6.33. The molecule has 0 unspecified atom stereocenters. The Morgan fingerprint density at radius 2 is 1.57 bits per heavy atom. The van der Waals surface area contributed by atoms with Gasteiger partial charge in [-0.25, -0.2) is 4.39 Å². The van der Waals surface area contributed by atoms with E-state index in [4.69, 9.17) is 11.6 Å². The first-order valence-electron chi connectivity index (χ1n) is 9.43. The molecule has 1 fully saturated rings. The Bertz CT molecular complexity index is 983. The summed E-state index contributed by atoms with van der Waals surface area (Å²) < 4.78 is 13.1. The third kappa shape index (κ3) is 5.24. The SMILES string of the molecule is CC(=O)NC(=Cc1ccc(F)cc1)C(=O)N1CCN(C(=O)c2ccccc2Cl)CC1. The zero-order valence-corrected chi connectivity index (χ0v) is 17.2. The van der Waals surface area contributed by atoms with Crippen molar-refractivity contribution in [1.82, 2.24) is 15.1 Å². The molecule has 8 heteroatoms. The van der Waals surface area contributed by atoms with E-state index in [1.807, 2.05) is 0 Å². The van der Waals surface area contributed by atoms with Crippen molar-refractivity contribution in [1.29, 1.82) is 0 Å². The van der Waals surface area contributed by atoms with Gasteiger partial charge in [0.05, 0.1) is 10.6 Å². The molecule has 1 N–H and O–H groups in total. The molecule has 1 saturated heterocycles. The predicted molar refractivity (Wildman–Crippen MR) is 112 cm³/mol. The lowest BCUT2D eigenvalue weighted by Gasteiger charge is -2.35. The van der Waals surface area contributed by atoms with Crippen molar-refractivity contribution in [3.63, 3.8) is 0 Å². The number of nitrogens with zero attached hydrogens (tertiary/aromatic N) is 2. The van der Waals surface area contributed by atoms with Crippen molar-refractivity contribution < 1.29 is 18.8 Å². The summed E-state index contributed by atoms with van der Waals surface area (Å²) in [5, 5.41) is 2.93. The second-order valence-corrected chi connectivity index (χ2v) is 7.26. The maximum absolute atomic E-state index is 13.1. The third-order valence-corrected chi connectivity index (χ3v) is 5.01. The first-order valence-corrected chi connectivity index (χ1v) is 9.81. The van der Waals surface area contributed by atoms with Crippen LogP contribution < -0.4 is 5.32 Å². The minimum absolute atomic E-state index is 0.0972. The van der Waals surface area contributed by atoms with Crippen LogP contribution in [0.25, 0.3) is 6.08 Å². The minimum Gasteiger partial charge on any atom is -0.335 e. The summed E-state index contributed by atoms with van der Waals surface area (Å²) in [7, 11) is 0. The molecule has 0 radical (unpaired) electrons. The lowest BCUT2D eigenvalue weighted by molar-refractivity contribution is -0.130. The van der Waals surface area contributed by atoms with Crippen LogP contribution in [-0.2, 0) is 9.59 Å². The second kappa shape index (κ2) is 9.54. The van der Waals surface area contributed by atoms with E-state index in [2.05, 4.69) is 5.32 Å². The van der Waals surface area contributed by atoms with E-state index in [-0.39, 0.29) is 29.2 Å². The standard InChI is InChI=1S/C22H21ClFN3O3/c1-15(28)25-20(14-16-6-8-17(24)9-7-16)22(30)27-12-10-26(11-13-27)21(29)18-4-2-3-5-19(18)23/h2-9,14H,10-13H2,1H3,(H,25,28). The summed E-state index contributed by atoms with van der Waals surface area (Å²) in [6, 6.07) is 12.4. The van der Waals surface area contributed by atoms with E-state index in [1.54, 1.807) is 34.1 Å². The average Bonchev–Trinajstić information content (AvgIpc) is 2.74. The molecule has 0 saturated carbocycles. The molecule has 2 aromatic rings. The largest absolute Gasteiger partial charge is 0.335 e. The molecule has 1 aliphatic heterocycles. The highest BCUT2D eigenvalue weighted by Gasteiger charge is 2.27. The van der Waals surface area contributed by atoms with Gasteiger partial charge in [0.1, 0.15) is 11.5 Å². The third-order valence-electron chi connectivity index (χ3n) is 4.68. The van der Waals surface area contributed by atoms with Crippen LogP contribution in [0.2, 0.25) is 5.02 Å². The average molecular weight is 430 g/mol. The van der Waals surface area contributed by atoms with Crippen LogP contribution >= 0.6 is 11.6 Å². The van der Waals surface area contributed by atoms with Crippen LogP contribution in [0.1, 0.15) is 22.8 Å². The van der Waals surface area contributed by atoms with Gasteiger partial charge in [0, 0.05) is 33.1 Å². The molecule has 3 amide bonds. The fourth-order valence-electron chi connectivity index (χ4n) is 3.15. The van der Waals surface area contributed by atoms with Gasteiger partial charge in [-0.15, -0.1) is 0 Å². The lowest BCUT2D eigenvalue weighted by atomic mass is 10.1. The Morgan fingerprint density at radius 1 is 0.967 bits per heavy atom. The van der Waals surface area contributed by atoms with Gasteiger partial charge in [-0.3, -0.25) is 14.4 Å². The molecule has 30 heavy (non-hydrogen) atoms. The highest BCUT2D eigenvalue weighted by atomic mass is 35.5. The van der Waals surface area contributed by atoms with Crippen LogP contribution in [-0.4, -0.2) is 53.7 Å². The molecule has 0 bridgehead atoms. The van der Waals surface area contributed by atoms with Gasteiger partial charge >= 0.3 is 0 Å². The highest BCUT2D eigenvalue weighted by Crippen LogP contribution is 2.18. The molecule has 0 spiro atoms. The lowest BCUT2D eigenvalue weighted by Crippen LogP contribution is -2.52. The number of piperazine rings is 1. The number of carbonyl (C=O) groups excluding carboxylic acids is 3. The molecular formula is C22H21ClFN3O3. The normalized spacial score (nSPS) is 14.4. The van der Waals surface area contributed by atoms with E-state index >= 15 is 0 Å². The summed E-state index contributed by atoms with van der Waals surface area (Å²) >= 11 is 6.11. The van der Waals surface area contributed by atoms with Gasteiger partial charge in [0.25, 0.3) is 11.8 Å². The number of carbonyl (C=O) groups is 3. The first-order chi connectivity index (χ1) is 14.3. The molecule has 156 valence electrons. The summed E-state index contributed by atoms with van der Waals surface area (Å²) in [6.07, 6.45) is 1.50. The summed E-state index contributed by atoms with van der Waals surface area (Å²) in [5.74, 6) is -1.32. The van der Waals surface area contributed by atoms with Crippen LogP contribution in [0.4, 0.5) is 4.39 Å². The number of benzene rings is 2. The maximum atomic E-state index is 13.1. The molecule has 0 aliphatic carbocycles. The van der Waals surface area contributed by atoms with Gasteiger partial charge < -0.3 is 15.1 Å². The Balaban J connectivity index is 1.70. The number of hydrogen-bond donors (Lipinski definition) is 1. The van der Waals surface area contributed by atoms with E-state index in [1.165, 1.54) is 37.3 Å².